The van der Waals surface area contributed by atoms with E-state index in [0.717, 1.165) is 22.0 Å². The van der Waals surface area contributed by atoms with Crippen LogP contribution in [0.2, 0.25) is 0 Å². The van der Waals surface area contributed by atoms with Crippen molar-refractivity contribution in [3.05, 3.63) is 70.8 Å². The molecule has 4 N–H and O–H groups in total. The lowest BCUT2D eigenvalue weighted by Gasteiger charge is -2.12. The number of amides is 1. The standard InChI is InChI=1S/C20H19N5O2/c1-12(16-11-21-17-8-3-2-7-15(16)17)9-18(26)22-14-6-4-5-13(10-14)19-23-20(27)25-24-19/h2-8,10-12,21H,9H2,1H3,(H,22,26)(H2,23,24,25,27). The molecule has 0 spiro atoms. The summed E-state index contributed by atoms with van der Waals surface area (Å²) in [6, 6.07) is 15.3. The van der Waals surface area contributed by atoms with Gasteiger partial charge in [0.2, 0.25) is 5.91 Å². The third-order valence-electron chi connectivity index (χ3n) is 4.56. The van der Waals surface area contributed by atoms with Crippen molar-refractivity contribution in [1.82, 2.24) is 20.2 Å². The molecule has 0 bridgehead atoms. The first-order valence-corrected chi connectivity index (χ1v) is 8.71. The van der Waals surface area contributed by atoms with Gasteiger partial charge >= 0.3 is 5.69 Å². The predicted molar refractivity (Wildman–Crippen MR) is 105 cm³/mol. The summed E-state index contributed by atoms with van der Waals surface area (Å²) in [5.74, 6) is 0.440. The molecular formula is C20H19N5O2. The molecule has 4 rings (SSSR count). The van der Waals surface area contributed by atoms with E-state index in [9.17, 15) is 9.59 Å². The first kappa shape index (κ1) is 16.8. The van der Waals surface area contributed by atoms with Crippen LogP contribution in [0.4, 0.5) is 5.69 Å². The maximum Gasteiger partial charge on any atom is 0.340 e. The summed E-state index contributed by atoms with van der Waals surface area (Å²) in [6.07, 6.45) is 2.34. The molecule has 0 saturated carbocycles. The largest absolute Gasteiger partial charge is 0.361 e. The quantitative estimate of drug-likeness (QED) is 0.438. The van der Waals surface area contributed by atoms with E-state index in [4.69, 9.17) is 0 Å². The number of H-pyrrole nitrogens is 3. The van der Waals surface area contributed by atoms with Crippen LogP contribution in [0, 0.1) is 0 Å². The number of hydrogen-bond acceptors (Lipinski definition) is 3. The Hall–Kier alpha value is -3.61. The lowest BCUT2D eigenvalue weighted by Crippen LogP contribution is -2.14. The highest BCUT2D eigenvalue weighted by atomic mass is 16.2. The summed E-state index contributed by atoms with van der Waals surface area (Å²) in [5, 5.41) is 10.3. The normalized spacial score (nSPS) is 12.2. The molecular weight excluding hydrogens is 342 g/mol. The average molecular weight is 361 g/mol. The number of hydrogen-bond donors (Lipinski definition) is 4. The zero-order valence-corrected chi connectivity index (χ0v) is 14.7. The molecule has 27 heavy (non-hydrogen) atoms. The minimum Gasteiger partial charge on any atom is -0.361 e. The first-order chi connectivity index (χ1) is 13.1. The van der Waals surface area contributed by atoms with Crippen LogP contribution in [0.25, 0.3) is 22.3 Å². The molecule has 1 amide bonds. The van der Waals surface area contributed by atoms with Crippen molar-refractivity contribution in [2.45, 2.75) is 19.3 Å². The van der Waals surface area contributed by atoms with Crippen molar-refractivity contribution in [2.24, 2.45) is 0 Å². The minimum atomic E-state index is -0.369. The van der Waals surface area contributed by atoms with Gasteiger partial charge in [-0.3, -0.25) is 9.78 Å². The Balaban J connectivity index is 1.47. The molecule has 0 aliphatic carbocycles. The van der Waals surface area contributed by atoms with E-state index >= 15 is 0 Å². The maximum absolute atomic E-state index is 12.5. The van der Waals surface area contributed by atoms with Gasteiger partial charge in [0.15, 0.2) is 5.82 Å². The van der Waals surface area contributed by atoms with Crippen molar-refractivity contribution in [1.29, 1.82) is 0 Å². The average Bonchev–Trinajstić information content (AvgIpc) is 3.28. The van der Waals surface area contributed by atoms with Crippen molar-refractivity contribution in [3.8, 4) is 11.4 Å². The van der Waals surface area contributed by atoms with Gasteiger partial charge in [-0.05, 0) is 29.7 Å². The van der Waals surface area contributed by atoms with Gasteiger partial charge in [0, 0.05) is 34.8 Å². The van der Waals surface area contributed by atoms with E-state index in [1.807, 2.05) is 43.5 Å². The second-order valence-corrected chi connectivity index (χ2v) is 6.55. The van der Waals surface area contributed by atoms with E-state index in [0.29, 0.717) is 17.9 Å². The van der Waals surface area contributed by atoms with Crippen LogP contribution in [0.3, 0.4) is 0 Å². The van der Waals surface area contributed by atoms with Gasteiger partial charge in [0.1, 0.15) is 0 Å². The predicted octanol–water partition coefficient (Wildman–Crippen LogP) is 3.38. The zero-order chi connectivity index (χ0) is 18.8. The Labute approximate surface area is 154 Å². The Morgan fingerprint density at radius 2 is 2.04 bits per heavy atom. The fourth-order valence-corrected chi connectivity index (χ4v) is 3.25. The molecule has 0 aliphatic rings. The fraction of sp³-hybridized carbons (Fsp3) is 0.150. The van der Waals surface area contributed by atoms with Gasteiger partial charge in [-0.2, -0.15) is 5.10 Å². The van der Waals surface area contributed by atoms with Crippen LogP contribution in [0.5, 0.6) is 0 Å². The molecule has 0 saturated heterocycles. The summed E-state index contributed by atoms with van der Waals surface area (Å²) in [4.78, 5) is 29.6. The van der Waals surface area contributed by atoms with Gasteiger partial charge < -0.3 is 10.3 Å². The molecule has 2 heterocycles. The topological polar surface area (TPSA) is 106 Å². The molecule has 0 radical (unpaired) electrons. The van der Waals surface area contributed by atoms with Crippen LogP contribution >= 0.6 is 0 Å². The van der Waals surface area contributed by atoms with E-state index < -0.39 is 0 Å². The Bertz CT molecular complexity index is 1150. The summed E-state index contributed by atoms with van der Waals surface area (Å²) in [6.45, 7) is 2.04. The number of aromatic nitrogens is 4. The van der Waals surface area contributed by atoms with Gasteiger partial charge in [-0.25, -0.2) is 9.89 Å². The van der Waals surface area contributed by atoms with Crippen molar-refractivity contribution in [3.63, 3.8) is 0 Å². The molecule has 7 heteroatoms. The maximum atomic E-state index is 12.5. The lowest BCUT2D eigenvalue weighted by molar-refractivity contribution is -0.116. The lowest BCUT2D eigenvalue weighted by atomic mass is 9.97. The monoisotopic (exact) mass is 361 g/mol. The van der Waals surface area contributed by atoms with Gasteiger partial charge in [-0.15, -0.1) is 0 Å². The summed E-state index contributed by atoms with van der Waals surface area (Å²) >= 11 is 0. The summed E-state index contributed by atoms with van der Waals surface area (Å²) in [5.41, 5.74) is 3.21. The van der Waals surface area contributed by atoms with Crippen LogP contribution in [-0.2, 0) is 4.79 Å². The van der Waals surface area contributed by atoms with E-state index in [-0.39, 0.29) is 17.5 Å². The minimum absolute atomic E-state index is 0.0690. The van der Waals surface area contributed by atoms with Crippen LogP contribution < -0.4 is 11.0 Å². The van der Waals surface area contributed by atoms with Crippen molar-refractivity contribution in [2.75, 3.05) is 5.32 Å². The van der Waals surface area contributed by atoms with E-state index in [1.54, 1.807) is 12.1 Å². The number of rotatable bonds is 5. The highest BCUT2D eigenvalue weighted by molar-refractivity contribution is 5.92. The number of para-hydroxylation sites is 1. The molecule has 1 unspecified atom stereocenters. The van der Waals surface area contributed by atoms with Gasteiger partial charge in [0.25, 0.3) is 0 Å². The first-order valence-electron chi connectivity index (χ1n) is 8.71. The number of benzene rings is 2. The number of carbonyl (C=O) groups excluding carboxylic acids is 1. The van der Waals surface area contributed by atoms with E-state index in [2.05, 4.69) is 31.5 Å². The van der Waals surface area contributed by atoms with Crippen LogP contribution in [0.15, 0.2) is 59.5 Å². The molecule has 2 aromatic carbocycles. The third kappa shape index (κ3) is 3.52. The SMILES string of the molecule is CC(CC(=O)Nc1cccc(-c2n[nH]c(=O)[nH]2)c1)c1c[nH]c2ccccc12. The van der Waals surface area contributed by atoms with Crippen molar-refractivity contribution < 1.29 is 4.79 Å². The number of fused-ring (bicyclic) bond motifs is 1. The smallest absolute Gasteiger partial charge is 0.340 e. The molecule has 4 aromatic rings. The van der Waals surface area contributed by atoms with Gasteiger partial charge in [0.05, 0.1) is 0 Å². The molecule has 7 nitrogen and oxygen atoms in total. The summed E-state index contributed by atoms with van der Waals surface area (Å²) in [7, 11) is 0. The Morgan fingerprint density at radius 1 is 1.19 bits per heavy atom. The highest BCUT2D eigenvalue weighted by Gasteiger charge is 2.15. The third-order valence-corrected chi connectivity index (χ3v) is 4.56. The van der Waals surface area contributed by atoms with Crippen LogP contribution in [-0.4, -0.2) is 26.1 Å². The molecule has 0 aliphatic heterocycles. The number of anilines is 1. The summed E-state index contributed by atoms with van der Waals surface area (Å²) < 4.78 is 0. The number of aromatic amines is 3. The highest BCUT2D eigenvalue weighted by Crippen LogP contribution is 2.28. The molecule has 2 aromatic heterocycles. The van der Waals surface area contributed by atoms with Gasteiger partial charge in [-0.1, -0.05) is 37.3 Å². The van der Waals surface area contributed by atoms with Crippen molar-refractivity contribution >= 4 is 22.5 Å². The molecule has 1 atom stereocenters. The second-order valence-electron chi connectivity index (χ2n) is 6.55. The molecule has 136 valence electrons. The Morgan fingerprint density at radius 3 is 2.85 bits per heavy atom. The Kier molecular flexibility index (Phi) is 4.33. The fourth-order valence-electron chi connectivity index (χ4n) is 3.25. The van der Waals surface area contributed by atoms with Crippen LogP contribution in [0.1, 0.15) is 24.8 Å². The number of nitrogens with one attached hydrogen (secondary N) is 4. The number of nitrogens with zero attached hydrogens (tertiary/aromatic N) is 1. The zero-order valence-electron chi connectivity index (χ0n) is 14.7. The second kappa shape index (κ2) is 6.95. The number of carbonyl (C=O) groups is 1. The van der Waals surface area contributed by atoms with E-state index in [1.165, 1.54) is 0 Å². The molecule has 0 fully saturated rings.